The molecular formula is C24H28FN5O4. The predicted molar refractivity (Wildman–Crippen MR) is 124 cm³/mol. The Kier molecular flexibility index (Phi) is 5.80. The molecule has 9 nitrogen and oxygen atoms in total. The fourth-order valence-electron chi connectivity index (χ4n) is 3.66. The number of amides is 2. The van der Waals surface area contributed by atoms with E-state index in [4.69, 9.17) is 4.74 Å². The van der Waals surface area contributed by atoms with Crippen molar-refractivity contribution in [3.05, 3.63) is 53.5 Å². The Labute approximate surface area is 196 Å². The van der Waals surface area contributed by atoms with E-state index in [1.807, 2.05) is 20.8 Å². The van der Waals surface area contributed by atoms with E-state index in [1.54, 1.807) is 30.6 Å². The summed E-state index contributed by atoms with van der Waals surface area (Å²) in [6.45, 7) is 8.20. The fraction of sp³-hybridized carbons (Fsp3) is 0.417. The van der Waals surface area contributed by atoms with E-state index in [0.29, 0.717) is 28.2 Å². The number of fused-ring (bicyclic) bond motifs is 2. The summed E-state index contributed by atoms with van der Waals surface area (Å²) in [5.74, 6) is -0.469. The summed E-state index contributed by atoms with van der Waals surface area (Å²) in [7, 11) is 0. The average Bonchev–Trinajstić information content (AvgIpc) is 3.28. The minimum Gasteiger partial charge on any atom is -0.486 e. The number of carbonyl (C=O) groups excluding carboxylic acids is 2. The second kappa shape index (κ2) is 8.35. The lowest BCUT2D eigenvalue weighted by Gasteiger charge is -2.26. The van der Waals surface area contributed by atoms with Crippen LogP contribution in [0.3, 0.4) is 0 Å². The largest absolute Gasteiger partial charge is 0.486 e. The minimum absolute atomic E-state index is 0.154. The molecule has 1 aliphatic heterocycles. The number of benzene rings is 1. The van der Waals surface area contributed by atoms with Gasteiger partial charge in [-0.1, -0.05) is 0 Å². The zero-order chi connectivity index (χ0) is 24.8. The maximum Gasteiger partial charge on any atom is 0.261 e. The van der Waals surface area contributed by atoms with Crippen LogP contribution in [0, 0.1) is 0 Å². The standard InChI is InChI=1S/C24H28FN5O4/c1-23(2,3)34-18-10-15-14(12-29(22(15)32)13-19(25)24(4,5)33)9-17(18)28-21(31)16-11-27-30-8-6-7-26-20(16)30/h6-11,19,33H,12-13H2,1-5H3,(H,28,31). The molecule has 0 aliphatic carbocycles. The first-order valence-corrected chi connectivity index (χ1v) is 10.9. The van der Waals surface area contributed by atoms with Crippen molar-refractivity contribution in [1.29, 1.82) is 0 Å². The van der Waals surface area contributed by atoms with E-state index < -0.39 is 23.3 Å². The molecule has 0 saturated heterocycles. The van der Waals surface area contributed by atoms with Crippen molar-refractivity contribution in [2.75, 3.05) is 11.9 Å². The summed E-state index contributed by atoms with van der Waals surface area (Å²) in [5.41, 5.74) is -0.112. The number of carbonyl (C=O) groups is 2. The van der Waals surface area contributed by atoms with Crippen LogP contribution in [0.4, 0.5) is 10.1 Å². The molecule has 0 spiro atoms. The van der Waals surface area contributed by atoms with Gasteiger partial charge in [0.25, 0.3) is 11.8 Å². The number of hydrogen-bond acceptors (Lipinski definition) is 6. The summed E-state index contributed by atoms with van der Waals surface area (Å²) >= 11 is 0. The van der Waals surface area contributed by atoms with E-state index in [9.17, 15) is 19.1 Å². The molecule has 0 bridgehead atoms. The average molecular weight is 470 g/mol. The molecule has 3 aromatic rings. The van der Waals surface area contributed by atoms with E-state index in [0.717, 1.165) is 0 Å². The number of nitrogens with zero attached hydrogens (tertiary/aromatic N) is 4. The summed E-state index contributed by atoms with van der Waals surface area (Å²) in [6.07, 6.45) is 3.08. The van der Waals surface area contributed by atoms with Gasteiger partial charge >= 0.3 is 0 Å². The molecule has 180 valence electrons. The highest BCUT2D eigenvalue weighted by Crippen LogP contribution is 2.36. The number of ether oxygens (including phenoxy) is 1. The van der Waals surface area contributed by atoms with Crippen LogP contribution in [0.2, 0.25) is 0 Å². The third kappa shape index (κ3) is 4.72. The second-order valence-electron chi connectivity index (χ2n) is 9.93. The molecule has 1 aliphatic rings. The van der Waals surface area contributed by atoms with Crippen LogP contribution in [-0.2, 0) is 6.54 Å². The molecule has 34 heavy (non-hydrogen) atoms. The molecule has 2 N–H and O–H groups in total. The Morgan fingerprint density at radius 3 is 2.71 bits per heavy atom. The predicted octanol–water partition coefficient (Wildman–Crippen LogP) is 3.22. The van der Waals surface area contributed by atoms with Crippen molar-refractivity contribution in [3.8, 4) is 5.75 Å². The van der Waals surface area contributed by atoms with Gasteiger partial charge in [-0.25, -0.2) is 13.9 Å². The van der Waals surface area contributed by atoms with Crippen LogP contribution >= 0.6 is 0 Å². The molecule has 3 heterocycles. The second-order valence-corrected chi connectivity index (χ2v) is 9.93. The first-order chi connectivity index (χ1) is 15.8. The van der Waals surface area contributed by atoms with Crippen molar-refractivity contribution < 1.29 is 23.8 Å². The normalized spacial score (nSPS) is 14.9. The van der Waals surface area contributed by atoms with Crippen LogP contribution in [0.15, 0.2) is 36.8 Å². The van der Waals surface area contributed by atoms with Crippen LogP contribution in [0.25, 0.3) is 5.65 Å². The van der Waals surface area contributed by atoms with Gasteiger partial charge in [0, 0.05) is 24.5 Å². The number of alkyl halides is 1. The van der Waals surface area contributed by atoms with Crippen molar-refractivity contribution in [3.63, 3.8) is 0 Å². The van der Waals surface area contributed by atoms with Crippen molar-refractivity contribution in [1.82, 2.24) is 19.5 Å². The zero-order valence-electron chi connectivity index (χ0n) is 19.8. The van der Waals surface area contributed by atoms with Crippen molar-refractivity contribution in [2.45, 2.75) is 58.5 Å². The molecule has 1 unspecified atom stereocenters. The molecule has 2 amide bonds. The monoisotopic (exact) mass is 469 g/mol. The first kappa shape index (κ1) is 23.6. The molecule has 10 heteroatoms. The summed E-state index contributed by atoms with van der Waals surface area (Å²) in [6, 6.07) is 4.95. The molecule has 1 atom stereocenters. The molecule has 0 saturated carbocycles. The van der Waals surface area contributed by atoms with Crippen LogP contribution in [0.1, 0.15) is 60.9 Å². The van der Waals surface area contributed by atoms with E-state index in [-0.39, 0.29) is 24.6 Å². The van der Waals surface area contributed by atoms with E-state index in [2.05, 4.69) is 15.4 Å². The number of hydrogen-bond donors (Lipinski definition) is 2. The van der Waals surface area contributed by atoms with Gasteiger partial charge in [-0.15, -0.1) is 0 Å². The van der Waals surface area contributed by atoms with Crippen LogP contribution < -0.4 is 10.1 Å². The lowest BCUT2D eigenvalue weighted by atomic mass is 10.0. The number of aliphatic hydroxyl groups is 1. The highest BCUT2D eigenvalue weighted by molar-refractivity contribution is 6.09. The van der Waals surface area contributed by atoms with Crippen molar-refractivity contribution >= 4 is 23.1 Å². The van der Waals surface area contributed by atoms with Crippen molar-refractivity contribution in [2.24, 2.45) is 0 Å². The third-order valence-corrected chi connectivity index (χ3v) is 5.42. The Balaban J connectivity index is 1.66. The van der Waals surface area contributed by atoms with Gasteiger partial charge in [-0.3, -0.25) is 9.59 Å². The molecule has 0 radical (unpaired) electrons. The van der Waals surface area contributed by atoms with Gasteiger partial charge in [0.05, 0.1) is 24.0 Å². The molecule has 4 rings (SSSR count). The van der Waals surface area contributed by atoms with Crippen LogP contribution in [0.5, 0.6) is 5.75 Å². The molecule has 0 fully saturated rings. The smallest absolute Gasteiger partial charge is 0.261 e. The molecule has 2 aromatic heterocycles. The SMILES string of the molecule is CC(C)(C)Oc1cc2c(cc1NC(=O)c1cnn3cccnc13)CN(CC(F)C(C)(C)O)C2=O. The number of aromatic nitrogens is 3. The molecule has 1 aromatic carbocycles. The number of nitrogens with one attached hydrogen (secondary N) is 1. The fourth-order valence-corrected chi connectivity index (χ4v) is 3.66. The number of rotatable bonds is 6. The lowest BCUT2D eigenvalue weighted by Crippen LogP contribution is -2.42. The maximum atomic E-state index is 14.5. The van der Waals surface area contributed by atoms with E-state index >= 15 is 0 Å². The third-order valence-electron chi connectivity index (χ3n) is 5.42. The summed E-state index contributed by atoms with van der Waals surface area (Å²) < 4.78 is 22.0. The lowest BCUT2D eigenvalue weighted by molar-refractivity contribution is -0.0159. The van der Waals surface area contributed by atoms with Gasteiger partial charge in [-0.2, -0.15) is 5.10 Å². The van der Waals surface area contributed by atoms with Gasteiger partial charge in [0.1, 0.15) is 23.1 Å². The molecular weight excluding hydrogens is 441 g/mol. The highest BCUT2D eigenvalue weighted by Gasteiger charge is 2.35. The van der Waals surface area contributed by atoms with Gasteiger partial charge in [0.2, 0.25) is 0 Å². The Morgan fingerprint density at radius 1 is 1.29 bits per heavy atom. The highest BCUT2D eigenvalue weighted by atomic mass is 19.1. The van der Waals surface area contributed by atoms with Crippen LogP contribution in [-0.4, -0.2) is 60.3 Å². The minimum atomic E-state index is -1.61. The number of anilines is 1. The topological polar surface area (TPSA) is 109 Å². The Morgan fingerprint density at radius 2 is 2.03 bits per heavy atom. The Hall–Kier alpha value is -3.53. The number of halogens is 1. The van der Waals surface area contributed by atoms with Gasteiger partial charge in [0.15, 0.2) is 5.65 Å². The Bertz CT molecular complexity index is 1260. The first-order valence-electron chi connectivity index (χ1n) is 10.9. The van der Waals surface area contributed by atoms with Gasteiger partial charge in [-0.05, 0) is 58.4 Å². The van der Waals surface area contributed by atoms with E-state index in [1.165, 1.54) is 29.5 Å². The summed E-state index contributed by atoms with van der Waals surface area (Å²) in [5, 5.41) is 16.9. The van der Waals surface area contributed by atoms with Gasteiger partial charge < -0.3 is 20.1 Å². The summed E-state index contributed by atoms with van der Waals surface area (Å²) in [4.78, 5) is 31.6. The zero-order valence-corrected chi connectivity index (χ0v) is 19.8. The quantitative estimate of drug-likeness (QED) is 0.574. The maximum absolute atomic E-state index is 14.5.